The van der Waals surface area contributed by atoms with Crippen molar-refractivity contribution in [1.82, 2.24) is 5.01 Å². The van der Waals surface area contributed by atoms with E-state index in [1.165, 1.54) is 0 Å². The molecule has 0 atom stereocenters. The first-order valence-electron chi connectivity index (χ1n) is 3.07. The molecule has 0 radical (unpaired) electrons. The van der Waals surface area contributed by atoms with E-state index in [4.69, 9.17) is 5.84 Å². The van der Waals surface area contributed by atoms with Gasteiger partial charge in [0.2, 0.25) is 0 Å². The Morgan fingerprint density at radius 2 is 2.67 bits per heavy atom. The molecule has 3 heteroatoms. The summed E-state index contributed by atoms with van der Waals surface area (Å²) in [6.45, 7) is 2.80. The summed E-state index contributed by atoms with van der Waals surface area (Å²) in [5, 5.41) is 1.70. The van der Waals surface area contributed by atoms with Crippen LogP contribution < -0.4 is 5.84 Å². The first-order valence-corrected chi connectivity index (χ1v) is 3.07. The van der Waals surface area contributed by atoms with Crippen LogP contribution in [-0.2, 0) is 0 Å². The van der Waals surface area contributed by atoms with Gasteiger partial charge in [0, 0.05) is 18.1 Å². The Morgan fingerprint density at radius 1 is 1.89 bits per heavy atom. The molecule has 0 aromatic rings. The number of rotatable bonds is 1. The zero-order valence-electron chi connectivity index (χ0n) is 5.54. The van der Waals surface area contributed by atoms with Gasteiger partial charge in [-0.05, 0) is 6.42 Å². The lowest BCUT2D eigenvalue weighted by atomic mass is 10.3. The molecule has 0 amide bonds. The highest BCUT2D eigenvalue weighted by molar-refractivity contribution is 5.62. The molecule has 0 saturated heterocycles. The van der Waals surface area contributed by atoms with E-state index in [-0.39, 0.29) is 0 Å². The maximum Gasteiger partial charge on any atom is 0.0692 e. The van der Waals surface area contributed by atoms with Crippen LogP contribution in [0.1, 0.15) is 13.3 Å². The highest BCUT2D eigenvalue weighted by Gasteiger charge is 2.02. The van der Waals surface area contributed by atoms with Gasteiger partial charge < -0.3 is 5.01 Å². The topological polar surface area (TPSA) is 41.6 Å². The van der Waals surface area contributed by atoms with E-state index in [2.05, 4.69) is 11.9 Å². The molecule has 0 unspecified atom stereocenters. The van der Waals surface area contributed by atoms with Gasteiger partial charge in [-0.1, -0.05) is 6.92 Å². The minimum absolute atomic E-state index is 0.736. The van der Waals surface area contributed by atoms with Crippen molar-refractivity contribution >= 4 is 6.21 Å². The predicted molar refractivity (Wildman–Crippen MR) is 37.8 cm³/mol. The van der Waals surface area contributed by atoms with E-state index in [1.54, 1.807) is 17.4 Å². The Balaban J connectivity index is 2.63. The Morgan fingerprint density at radius 3 is 3.11 bits per heavy atom. The highest BCUT2D eigenvalue weighted by Crippen LogP contribution is 2.05. The van der Waals surface area contributed by atoms with E-state index in [0.29, 0.717) is 0 Å². The van der Waals surface area contributed by atoms with Crippen LogP contribution in [0.4, 0.5) is 0 Å². The molecule has 0 aromatic carbocycles. The third kappa shape index (κ3) is 1.29. The van der Waals surface area contributed by atoms with Gasteiger partial charge >= 0.3 is 0 Å². The molecule has 0 spiro atoms. The molecule has 1 rings (SSSR count). The maximum absolute atomic E-state index is 5.56. The second kappa shape index (κ2) is 2.64. The van der Waals surface area contributed by atoms with Crippen LogP contribution in [0.5, 0.6) is 0 Å². The average Bonchev–Trinajstić information content (AvgIpc) is 1.89. The molecule has 2 N–H and O–H groups in total. The Bertz CT molecular complexity index is 148. The van der Waals surface area contributed by atoms with Gasteiger partial charge in [-0.3, -0.25) is 4.99 Å². The Kier molecular flexibility index (Phi) is 1.85. The summed E-state index contributed by atoms with van der Waals surface area (Å²) in [4.78, 5) is 3.97. The van der Waals surface area contributed by atoms with Crippen molar-refractivity contribution in [2.45, 2.75) is 13.3 Å². The molecule has 0 aliphatic carbocycles. The van der Waals surface area contributed by atoms with Gasteiger partial charge in [-0.15, -0.1) is 0 Å². The highest BCUT2D eigenvalue weighted by atomic mass is 15.4. The lowest BCUT2D eigenvalue weighted by Crippen LogP contribution is -2.33. The number of nitrogens with zero attached hydrogens (tertiary/aromatic N) is 2. The van der Waals surface area contributed by atoms with Gasteiger partial charge in [0.15, 0.2) is 0 Å². The third-order valence-corrected chi connectivity index (χ3v) is 1.34. The molecule has 3 nitrogen and oxygen atoms in total. The van der Waals surface area contributed by atoms with E-state index < -0.39 is 0 Å². The van der Waals surface area contributed by atoms with Crippen LogP contribution in [0.2, 0.25) is 0 Å². The van der Waals surface area contributed by atoms with Crippen molar-refractivity contribution in [3.8, 4) is 0 Å². The first kappa shape index (κ1) is 6.29. The van der Waals surface area contributed by atoms with Crippen LogP contribution in [0.3, 0.4) is 0 Å². The fraction of sp³-hybridized carbons (Fsp3) is 0.500. The zero-order chi connectivity index (χ0) is 6.69. The maximum atomic E-state index is 5.56. The molecule has 50 valence electrons. The second-order valence-corrected chi connectivity index (χ2v) is 1.96. The molecular formula is C6H11N3. The quantitative estimate of drug-likeness (QED) is 0.518. The second-order valence-electron chi connectivity index (χ2n) is 1.96. The standard InChI is InChI=1S/C6H11N3/c1-2-6-5-8-3-4-9(6)7/h3,5H,2,4,7H2,1H3. The first-order chi connectivity index (χ1) is 4.34. The summed E-state index contributed by atoms with van der Waals surface area (Å²) in [7, 11) is 0. The van der Waals surface area contributed by atoms with Gasteiger partial charge in [-0.25, -0.2) is 5.84 Å². The Labute approximate surface area is 54.8 Å². The number of allylic oxidation sites excluding steroid dienone is 1. The number of hydrogen-bond acceptors (Lipinski definition) is 3. The monoisotopic (exact) mass is 125 g/mol. The molecule has 9 heavy (non-hydrogen) atoms. The third-order valence-electron chi connectivity index (χ3n) is 1.34. The van der Waals surface area contributed by atoms with Gasteiger partial charge in [-0.2, -0.15) is 0 Å². The van der Waals surface area contributed by atoms with Crippen molar-refractivity contribution in [2.75, 3.05) is 6.54 Å². The van der Waals surface area contributed by atoms with Crippen LogP contribution in [-0.4, -0.2) is 17.8 Å². The summed E-state index contributed by atoms with van der Waals surface area (Å²) in [5.74, 6) is 5.56. The van der Waals surface area contributed by atoms with E-state index >= 15 is 0 Å². The smallest absolute Gasteiger partial charge is 0.0692 e. The van der Waals surface area contributed by atoms with Crippen molar-refractivity contribution < 1.29 is 0 Å². The fourth-order valence-corrected chi connectivity index (χ4v) is 0.760. The minimum atomic E-state index is 0.736. The summed E-state index contributed by atoms with van der Waals surface area (Å²) >= 11 is 0. The van der Waals surface area contributed by atoms with Crippen molar-refractivity contribution in [3.05, 3.63) is 11.9 Å². The summed E-state index contributed by atoms with van der Waals surface area (Å²) in [5.41, 5.74) is 1.09. The SMILES string of the molecule is CCC1=CN=CCN1N. The Hall–Kier alpha value is -0.830. The zero-order valence-corrected chi connectivity index (χ0v) is 5.54. The summed E-state index contributed by atoms with van der Waals surface area (Å²) < 4.78 is 0. The largest absolute Gasteiger partial charge is 0.308 e. The lowest BCUT2D eigenvalue weighted by Gasteiger charge is -2.20. The lowest BCUT2D eigenvalue weighted by molar-refractivity contribution is 0.394. The van der Waals surface area contributed by atoms with Gasteiger partial charge in [0.1, 0.15) is 0 Å². The van der Waals surface area contributed by atoms with E-state index in [1.807, 2.05) is 0 Å². The number of nitrogens with two attached hydrogens (primary N) is 1. The van der Waals surface area contributed by atoms with Crippen LogP contribution >= 0.6 is 0 Å². The molecule has 1 aliphatic rings. The van der Waals surface area contributed by atoms with Crippen molar-refractivity contribution in [3.63, 3.8) is 0 Å². The minimum Gasteiger partial charge on any atom is -0.308 e. The van der Waals surface area contributed by atoms with Crippen LogP contribution in [0.15, 0.2) is 16.9 Å². The number of hydrogen-bond donors (Lipinski definition) is 1. The number of hydrazine groups is 1. The van der Waals surface area contributed by atoms with E-state index in [0.717, 1.165) is 18.7 Å². The molecule has 0 aromatic heterocycles. The van der Waals surface area contributed by atoms with Crippen molar-refractivity contribution in [1.29, 1.82) is 0 Å². The van der Waals surface area contributed by atoms with Gasteiger partial charge in [0.05, 0.1) is 6.54 Å². The van der Waals surface area contributed by atoms with Crippen LogP contribution in [0.25, 0.3) is 0 Å². The fourth-order valence-electron chi connectivity index (χ4n) is 0.760. The normalized spacial score (nSPS) is 18.0. The average molecular weight is 125 g/mol. The molecule has 0 fully saturated rings. The summed E-state index contributed by atoms with van der Waals surface area (Å²) in [6, 6.07) is 0. The number of aliphatic imine (C=N–C) groups is 1. The van der Waals surface area contributed by atoms with E-state index in [9.17, 15) is 0 Å². The van der Waals surface area contributed by atoms with Crippen molar-refractivity contribution in [2.24, 2.45) is 10.8 Å². The molecule has 0 saturated carbocycles. The van der Waals surface area contributed by atoms with Gasteiger partial charge in [0.25, 0.3) is 0 Å². The van der Waals surface area contributed by atoms with Crippen LogP contribution in [0, 0.1) is 0 Å². The summed E-state index contributed by atoms with van der Waals surface area (Å²) in [6.07, 6.45) is 4.54. The molecule has 0 bridgehead atoms. The molecular weight excluding hydrogens is 114 g/mol. The molecule has 1 aliphatic heterocycles. The predicted octanol–water partition coefficient (Wildman–Crippen LogP) is 0.498. The molecule has 1 heterocycles.